The molecule has 2 atom stereocenters. The van der Waals surface area contributed by atoms with E-state index in [4.69, 9.17) is 5.73 Å². The molecule has 10 heteroatoms. The molecule has 2 aliphatic carbocycles. The van der Waals surface area contributed by atoms with E-state index < -0.39 is 46.1 Å². The molecule has 3 aliphatic rings. The number of hydrogen-bond acceptors (Lipinski definition) is 5. The number of aromatic amines is 1. The number of H-pyrrole nitrogens is 1. The largest absolute Gasteiger partial charge is 0.388 e. The molecule has 5 rings (SSSR count). The van der Waals surface area contributed by atoms with E-state index in [0.29, 0.717) is 50.8 Å². The first-order valence-corrected chi connectivity index (χ1v) is 10.7. The zero-order valence-corrected chi connectivity index (χ0v) is 17.1. The lowest BCUT2D eigenvalue weighted by Gasteiger charge is -2.28. The number of rotatable bonds is 5. The SMILES string of the molecule is Cc1c(N2CCC(C(N)C3(O)CC3)C2)c(F)c(C(F)F)c2c(=O)[nH]c(=O)n(C3CC3)c12. The molecular formula is C21H25F3N4O3. The van der Waals surface area contributed by atoms with Gasteiger partial charge in [-0.05, 0) is 44.9 Å². The highest BCUT2D eigenvalue weighted by Crippen LogP contribution is 2.45. The topological polar surface area (TPSA) is 104 Å². The number of alkyl halides is 2. The van der Waals surface area contributed by atoms with Gasteiger partial charge in [0.1, 0.15) is 0 Å². The summed E-state index contributed by atoms with van der Waals surface area (Å²) >= 11 is 0. The van der Waals surface area contributed by atoms with E-state index in [9.17, 15) is 23.5 Å². The summed E-state index contributed by atoms with van der Waals surface area (Å²) in [6, 6.07) is -0.665. The van der Waals surface area contributed by atoms with E-state index in [0.717, 1.165) is 0 Å². The molecule has 2 saturated carbocycles. The zero-order valence-electron chi connectivity index (χ0n) is 17.1. The molecule has 31 heavy (non-hydrogen) atoms. The highest BCUT2D eigenvalue weighted by molar-refractivity contribution is 5.90. The van der Waals surface area contributed by atoms with Gasteiger partial charge in [-0.3, -0.25) is 14.3 Å². The zero-order chi connectivity index (χ0) is 22.2. The van der Waals surface area contributed by atoms with Gasteiger partial charge in [0.05, 0.1) is 27.8 Å². The summed E-state index contributed by atoms with van der Waals surface area (Å²) in [6.07, 6.45) is 0.00294. The number of halogens is 3. The lowest BCUT2D eigenvalue weighted by Crippen LogP contribution is -2.44. The molecule has 1 saturated heterocycles. The first-order valence-electron chi connectivity index (χ1n) is 10.7. The average molecular weight is 438 g/mol. The fourth-order valence-electron chi connectivity index (χ4n) is 5.13. The summed E-state index contributed by atoms with van der Waals surface area (Å²) in [7, 11) is 0. The minimum absolute atomic E-state index is 0.0142. The Bertz CT molecular complexity index is 1180. The van der Waals surface area contributed by atoms with Crippen LogP contribution in [0.1, 0.15) is 55.7 Å². The lowest BCUT2D eigenvalue weighted by atomic mass is 9.93. The van der Waals surface area contributed by atoms with Crippen molar-refractivity contribution in [2.75, 3.05) is 18.0 Å². The Hall–Kier alpha value is -2.33. The van der Waals surface area contributed by atoms with Gasteiger partial charge in [-0.15, -0.1) is 0 Å². The monoisotopic (exact) mass is 438 g/mol. The van der Waals surface area contributed by atoms with E-state index in [1.165, 1.54) is 4.57 Å². The van der Waals surface area contributed by atoms with E-state index >= 15 is 4.39 Å². The third-order valence-corrected chi connectivity index (χ3v) is 7.13. The van der Waals surface area contributed by atoms with Crippen molar-refractivity contribution in [3.8, 4) is 0 Å². The molecule has 0 bridgehead atoms. The Morgan fingerprint density at radius 2 is 1.90 bits per heavy atom. The highest BCUT2D eigenvalue weighted by atomic mass is 19.3. The van der Waals surface area contributed by atoms with Crippen LogP contribution in [0.15, 0.2) is 9.59 Å². The van der Waals surface area contributed by atoms with Crippen LogP contribution >= 0.6 is 0 Å². The molecule has 0 radical (unpaired) electrons. The second-order valence-electron chi connectivity index (χ2n) is 9.21. The Balaban J connectivity index is 1.70. The summed E-state index contributed by atoms with van der Waals surface area (Å²) in [5.41, 5.74) is 3.06. The van der Waals surface area contributed by atoms with E-state index in [2.05, 4.69) is 4.98 Å². The van der Waals surface area contributed by atoms with Crippen LogP contribution < -0.4 is 21.9 Å². The second kappa shape index (κ2) is 6.83. The van der Waals surface area contributed by atoms with Gasteiger partial charge in [0.15, 0.2) is 5.82 Å². The molecule has 1 aliphatic heterocycles. The number of benzene rings is 1. The van der Waals surface area contributed by atoms with Crippen molar-refractivity contribution in [2.24, 2.45) is 11.7 Å². The minimum Gasteiger partial charge on any atom is -0.388 e. The van der Waals surface area contributed by atoms with Gasteiger partial charge in [-0.1, -0.05) is 0 Å². The van der Waals surface area contributed by atoms with Crippen molar-refractivity contribution >= 4 is 16.6 Å². The maximum absolute atomic E-state index is 15.5. The van der Waals surface area contributed by atoms with Crippen LogP contribution in [0.5, 0.6) is 0 Å². The van der Waals surface area contributed by atoms with Crippen molar-refractivity contribution in [3.63, 3.8) is 0 Å². The van der Waals surface area contributed by atoms with Gasteiger partial charge in [-0.2, -0.15) is 0 Å². The van der Waals surface area contributed by atoms with Gasteiger partial charge in [0.25, 0.3) is 12.0 Å². The summed E-state index contributed by atoms with van der Waals surface area (Å²) < 4.78 is 44.9. The van der Waals surface area contributed by atoms with Gasteiger partial charge in [-0.25, -0.2) is 18.0 Å². The molecule has 4 N–H and O–H groups in total. The van der Waals surface area contributed by atoms with Gasteiger partial charge in [0, 0.05) is 30.7 Å². The summed E-state index contributed by atoms with van der Waals surface area (Å²) in [5, 5.41) is 9.90. The Labute approximate surface area is 175 Å². The average Bonchev–Trinajstić information content (AvgIpc) is 3.62. The number of aliphatic hydroxyl groups is 1. The van der Waals surface area contributed by atoms with Gasteiger partial charge < -0.3 is 15.7 Å². The maximum atomic E-state index is 15.5. The molecular weight excluding hydrogens is 413 g/mol. The van der Waals surface area contributed by atoms with E-state index in [-0.39, 0.29) is 23.2 Å². The first kappa shape index (κ1) is 20.6. The van der Waals surface area contributed by atoms with Crippen molar-refractivity contribution in [2.45, 2.75) is 63.1 Å². The number of nitrogens with one attached hydrogen (secondary N) is 1. The normalized spacial score (nSPS) is 23.7. The molecule has 2 unspecified atom stereocenters. The molecule has 0 spiro atoms. The first-order chi connectivity index (χ1) is 14.6. The number of hydrogen-bond donors (Lipinski definition) is 3. The maximum Gasteiger partial charge on any atom is 0.329 e. The highest BCUT2D eigenvalue weighted by Gasteiger charge is 2.50. The Kier molecular flexibility index (Phi) is 4.53. The third-order valence-electron chi connectivity index (χ3n) is 7.13. The van der Waals surface area contributed by atoms with Crippen LogP contribution in [0, 0.1) is 18.7 Å². The number of aryl methyl sites for hydroxylation is 1. The molecule has 2 aromatic rings. The quantitative estimate of drug-likeness (QED) is 0.663. The number of nitrogens with zero attached hydrogens (tertiary/aromatic N) is 2. The number of aromatic nitrogens is 2. The molecule has 3 fully saturated rings. The summed E-state index contributed by atoms with van der Waals surface area (Å²) in [6.45, 7) is 2.26. The standard InChI is InChI=1S/C21H25F3N4O3/c1-9-15-13(19(29)26-20(30)28(15)11-2-3-11)12(18(23)24)14(22)16(9)27-7-4-10(8-27)17(25)21(31)5-6-21/h10-11,17-18,31H,2-8,25H2,1H3,(H,26,29,30). The number of fused-ring (bicyclic) bond motifs is 1. The summed E-state index contributed by atoms with van der Waals surface area (Å²) in [4.78, 5) is 28.7. The predicted molar refractivity (Wildman–Crippen MR) is 109 cm³/mol. The van der Waals surface area contributed by atoms with Crippen molar-refractivity contribution in [3.05, 3.63) is 37.8 Å². The molecule has 1 aromatic heterocycles. The molecule has 7 nitrogen and oxygen atoms in total. The van der Waals surface area contributed by atoms with Crippen molar-refractivity contribution in [1.29, 1.82) is 0 Å². The van der Waals surface area contributed by atoms with Crippen LogP contribution in [0.4, 0.5) is 18.9 Å². The fourth-order valence-corrected chi connectivity index (χ4v) is 5.13. The summed E-state index contributed by atoms with van der Waals surface area (Å²) in [5.74, 6) is -1.24. The van der Waals surface area contributed by atoms with Crippen LogP contribution in [0.3, 0.4) is 0 Å². The van der Waals surface area contributed by atoms with Crippen molar-refractivity contribution < 1.29 is 18.3 Å². The molecule has 1 aromatic carbocycles. The van der Waals surface area contributed by atoms with Crippen molar-refractivity contribution in [1.82, 2.24) is 9.55 Å². The lowest BCUT2D eigenvalue weighted by molar-refractivity contribution is 0.0968. The Morgan fingerprint density at radius 3 is 2.48 bits per heavy atom. The second-order valence-corrected chi connectivity index (χ2v) is 9.21. The van der Waals surface area contributed by atoms with Crippen LogP contribution in [0.2, 0.25) is 0 Å². The van der Waals surface area contributed by atoms with Crippen LogP contribution in [-0.2, 0) is 0 Å². The van der Waals surface area contributed by atoms with E-state index in [1.54, 1.807) is 11.8 Å². The number of nitrogens with two attached hydrogens (primary N) is 1. The van der Waals surface area contributed by atoms with E-state index in [1.807, 2.05) is 0 Å². The number of anilines is 1. The molecule has 168 valence electrons. The predicted octanol–water partition coefficient (Wildman–Crippen LogP) is 2.09. The smallest absolute Gasteiger partial charge is 0.329 e. The molecule has 0 amide bonds. The van der Waals surface area contributed by atoms with Gasteiger partial charge >= 0.3 is 5.69 Å². The fraction of sp³-hybridized carbons (Fsp3) is 0.619. The Morgan fingerprint density at radius 1 is 1.23 bits per heavy atom. The van der Waals surface area contributed by atoms with Gasteiger partial charge in [0.2, 0.25) is 0 Å². The van der Waals surface area contributed by atoms with Crippen LogP contribution in [-0.4, -0.2) is 39.4 Å². The third kappa shape index (κ3) is 3.10. The molecule has 2 heterocycles. The van der Waals surface area contributed by atoms with Crippen LogP contribution in [0.25, 0.3) is 10.9 Å². The minimum atomic E-state index is -3.22.